The summed E-state index contributed by atoms with van der Waals surface area (Å²) in [5.74, 6) is -3.00. The Morgan fingerprint density at radius 1 is 0.917 bits per heavy atom. The van der Waals surface area contributed by atoms with Gasteiger partial charge in [-0.25, -0.2) is 9.18 Å². The molecule has 1 unspecified atom stereocenters. The Hall–Kier alpha value is -4.66. The van der Waals surface area contributed by atoms with E-state index < -0.39 is 35.3 Å². The standard InChI is InChI=1S/C27H22FNO7/c1-34-19-11-6-15(7-12-19)23-22(24(30)20-14-17(28)8-13-21(20)35-2)25(31)26(32)29(23)18-9-4-16(5-10-18)27(33)36-3/h4-14,23,30H,1-3H3/b24-22+. The maximum atomic E-state index is 14.1. The number of anilines is 1. The summed E-state index contributed by atoms with van der Waals surface area (Å²) in [6.07, 6.45) is 0. The summed E-state index contributed by atoms with van der Waals surface area (Å²) in [5.41, 5.74) is 0.726. The van der Waals surface area contributed by atoms with E-state index in [-0.39, 0.29) is 22.4 Å². The number of carbonyl (C=O) groups excluding carboxylic acids is 3. The van der Waals surface area contributed by atoms with Crippen molar-refractivity contribution in [3.05, 3.63) is 94.8 Å². The summed E-state index contributed by atoms with van der Waals surface area (Å²) in [6.45, 7) is 0. The smallest absolute Gasteiger partial charge is 0.337 e. The number of nitrogens with zero attached hydrogens (tertiary/aromatic N) is 1. The van der Waals surface area contributed by atoms with Crippen LogP contribution in [0.25, 0.3) is 5.76 Å². The molecule has 8 nitrogen and oxygen atoms in total. The molecule has 0 aliphatic carbocycles. The molecule has 1 atom stereocenters. The van der Waals surface area contributed by atoms with Crippen LogP contribution in [-0.2, 0) is 14.3 Å². The van der Waals surface area contributed by atoms with Crippen LogP contribution in [0.2, 0.25) is 0 Å². The number of ketones is 1. The van der Waals surface area contributed by atoms with Gasteiger partial charge in [0.25, 0.3) is 11.7 Å². The van der Waals surface area contributed by atoms with Gasteiger partial charge in [0.2, 0.25) is 0 Å². The number of carbonyl (C=O) groups is 3. The first-order chi connectivity index (χ1) is 17.3. The van der Waals surface area contributed by atoms with Crippen molar-refractivity contribution < 1.29 is 38.1 Å². The van der Waals surface area contributed by atoms with Crippen LogP contribution in [0.1, 0.15) is 27.5 Å². The molecular weight excluding hydrogens is 469 g/mol. The van der Waals surface area contributed by atoms with E-state index in [9.17, 15) is 23.9 Å². The van der Waals surface area contributed by atoms with Crippen molar-refractivity contribution in [2.45, 2.75) is 6.04 Å². The quantitative estimate of drug-likeness (QED) is 0.238. The molecule has 36 heavy (non-hydrogen) atoms. The van der Waals surface area contributed by atoms with E-state index >= 15 is 0 Å². The topological polar surface area (TPSA) is 102 Å². The molecule has 9 heteroatoms. The Balaban J connectivity index is 1.93. The average Bonchev–Trinajstić information content (AvgIpc) is 3.17. The van der Waals surface area contributed by atoms with E-state index in [1.54, 1.807) is 24.3 Å². The summed E-state index contributed by atoms with van der Waals surface area (Å²) in [7, 11) is 4.09. The molecule has 3 aromatic carbocycles. The molecule has 4 rings (SSSR count). The average molecular weight is 491 g/mol. The molecule has 1 fully saturated rings. The van der Waals surface area contributed by atoms with E-state index in [1.165, 1.54) is 56.6 Å². The maximum Gasteiger partial charge on any atom is 0.337 e. The molecular formula is C27H22FNO7. The fourth-order valence-electron chi connectivity index (χ4n) is 4.09. The Labute approximate surface area is 206 Å². The highest BCUT2D eigenvalue weighted by Crippen LogP contribution is 2.43. The van der Waals surface area contributed by atoms with Crippen LogP contribution in [0.3, 0.4) is 0 Å². The Morgan fingerprint density at radius 2 is 1.58 bits per heavy atom. The van der Waals surface area contributed by atoms with Crippen LogP contribution in [0.4, 0.5) is 10.1 Å². The van der Waals surface area contributed by atoms with E-state index in [0.717, 1.165) is 12.1 Å². The van der Waals surface area contributed by atoms with Gasteiger partial charge in [-0.05, 0) is 60.2 Å². The number of ether oxygens (including phenoxy) is 3. The lowest BCUT2D eigenvalue weighted by molar-refractivity contribution is -0.132. The van der Waals surface area contributed by atoms with Crippen LogP contribution < -0.4 is 14.4 Å². The molecule has 0 saturated carbocycles. The molecule has 1 aliphatic rings. The van der Waals surface area contributed by atoms with Gasteiger partial charge in [0.05, 0.1) is 44.1 Å². The van der Waals surface area contributed by atoms with Crippen molar-refractivity contribution in [1.82, 2.24) is 0 Å². The van der Waals surface area contributed by atoms with Gasteiger partial charge in [0.15, 0.2) is 0 Å². The van der Waals surface area contributed by atoms with Crippen molar-refractivity contribution in [3.8, 4) is 11.5 Å². The highest BCUT2D eigenvalue weighted by molar-refractivity contribution is 6.51. The normalized spacial score (nSPS) is 16.7. The molecule has 0 spiro atoms. The van der Waals surface area contributed by atoms with E-state index in [1.807, 2.05) is 0 Å². The molecule has 1 N–H and O–H groups in total. The predicted octanol–water partition coefficient (Wildman–Crippen LogP) is 4.26. The van der Waals surface area contributed by atoms with Crippen molar-refractivity contribution in [2.24, 2.45) is 0 Å². The minimum Gasteiger partial charge on any atom is -0.507 e. The van der Waals surface area contributed by atoms with Crippen molar-refractivity contribution in [1.29, 1.82) is 0 Å². The monoisotopic (exact) mass is 491 g/mol. The van der Waals surface area contributed by atoms with E-state index in [0.29, 0.717) is 17.0 Å². The summed E-state index contributed by atoms with van der Waals surface area (Å²) in [4.78, 5) is 39.6. The fraction of sp³-hybridized carbons (Fsp3) is 0.148. The number of hydrogen-bond acceptors (Lipinski definition) is 7. The van der Waals surface area contributed by atoms with Gasteiger partial charge >= 0.3 is 5.97 Å². The Bertz CT molecular complexity index is 1360. The molecule has 0 bridgehead atoms. The molecule has 3 aromatic rings. The Morgan fingerprint density at radius 3 is 2.17 bits per heavy atom. The first kappa shape index (κ1) is 24.5. The predicted molar refractivity (Wildman–Crippen MR) is 129 cm³/mol. The number of esters is 1. The van der Waals surface area contributed by atoms with Crippen LogP contribution in [0, 0.1) is 5.82 Å². The number of Topliss-reactive ketones (excluding diaryl/α,β-unsaturated/α-hetero) is 1. The van der Waals surface area contributed by atoms with Crippen LogP contribution >= 0.6 is 0 Å². The Kier molecular flexibility index (Phi) is 6.73. The highest BCUT2D eigenvalue weighted by atomic mass is 19.1. The van der Waals surface area contributed by atoms with Crippen molar-refractivity contribution >= 4 is 29.1 Å². The lowest BCUT2D eigenvalue weighted by atomic mass is 9.94. The first-order valence-electron chi connectivity index (χ1n) is 10.8. The van der Waals surface area contributed by atoms with Gasteiger partial charge in [-0.1, -0.05) is 12.1 Å². The minimum absolute atomic E-state index is 0.0740. The van der Waals surface area contributed by atoms with Gasteiger partial charge in [0, 0.05) is 5.69 Å². The number of aliphatic hydroxyl groups is 1. The SMILES string of the molecule is COC(=O)c1ccc(N2C(=O)C(=O)/C(=C(/O)c3cc(F)ccc3OC)C2c2ccc(OC)cc2)cc1. The first-order valence-corrected chi connectivity index (χ1v) is 10.8. The number of halogens is 1. The van der Waals surface area contributed by atoms with Gasteiger partial charge in [-0.3, -0.25) is 14.5 Å². The fourth-order valence-corrected chi connectivity index (χ4v) is 4.09. The van der Waals surface area contributed by atoms with Gasteiger partial charge in [0.1, 0.15) is 23.1 Å². The molecule has 1 aliphatic heterocycles. The van der Waals surface area contributed by atoms with Crippen LogP contribution in [0.15, 0.2) is 72.3 Å². The number of methoxy groups -OCH3 is 3. The maximum absolute atomic E-state index is 14.1. The van der Waals surface area contributed by atoms with Crippen molar-refractivity contribution in [3.63, 3.8) is 0 Å². The largest absolute Gasteiger partial charge is 0.507 e. The van der Waals surface area contributed by atoms with Gasteiger partial charge in [-0.2, -0.15) is 0 Å². The summed E-state index contributed by atoms with van der Waals surface area (Å²) in [5, 5.41) is 11.2. The zero-order valence-electron chi connectivity index (χ0n) is 19.7. The highest BCUT2D eigenvalue weighted by Gasteiger charge is 2.47. The number of aliphatic hydroxyl groups excluding tert-OH is 1. The minimum atomic E-state index is -1.06. The number of hydrogen-bond donors (Lipinski definition) is 1. The molecule has 184 valence electrons. The molecule has 1 amide bonds. The summed E-state index contributed by atoms with van der Waals surface area (Å²) in [6, 6.07) is 15.0. The second kappa shape index (κ2) is 9.91. The third kappa shape index (κ3) is 4.26. The summed E-state index contributed by atoms with van der Waals surface area (Å²) < 4.78 is 29.2. The second-order valence-corrected chi connectivity index (χ2v) is 7.83. The van der Waals surface area contributed by atoms with Crippen molar-refractivity contribution in [2.75, 3.05) is 26.2 Å². The zero-order valence-corrected chi connectivity index (χ0v) is 19.7. The van der Waals surface area contributed by atoms with Gasteiger partial charge < -0.3 is 19.3 Å². The van der Waals surface area contributed by atoms with E-state index in [2.05, 4.69) is 0 Å². The zero-order chi connectivity index (χ0) is 26.0. The third-order valence-electron chi connectivity index (χ3n) is 5.86. The molecule has 0 aromatic heterocycles. The number of benzene rings is 3. The second-order valence-electron chi connectivity index (χ2n) is 7.83. The lowest BCUT2D eigenvalue weighted by Crippen LogP contribution is -2.29. The van der Waals surface area contributed by atoms with Crippen LogP contribution in [0.5, 0.6) is 11.5 Å². The number of amides is 1. The van der Waals surface area contributed by atoms with E-state index in [4.69, 9.17) is 14.2 Å². The molecule has 1 heterocycles. The summed E-state index contributed by atoms with van der Waals surface area (Å²) >= 11 is 0. The van der Waals surface area contributed by atoms with Gasteiger partial charge in [-0.15, -0.1) is 0 Å². The molecule has 0 radical (unpaired) electrons. The third-order valence-corrected chi connectivity index (χ3v) is 5.86. The number of rotatable bonds is 6. The molecule has 1 saturated heterocycles. The van der Waals surface area contributed by atoms with Crippen LogP contribution in [-0.4, -0.2) is 44.1 Å². The lowest BCUT2D eigenvalue weighted by Gasteiger charge is -2.26.